The molecule has 0 radical (unpaired) electrons. The van der Waals surface area contributed by atoms with Gasteiger partial charge in [0.1, 0.15) is 18.0 Å². The van der Waals surface area contributed by atoms with E-state index in [2.05, 4.69) is 4.74 Å². The summed E-state index contributed by atoms with van der Waals surface area (Å²) in [5.74, 6) is -1.15. The number of anilines is 1. The molecular formula is C12H15FN2O4. The van der Waals surface area contributed by atoms with Crippen LogP contribution in [0, 0.1) is 15.9 Å². The van der Waals surface area contributed by atoms with Crippen LogP contribution >= 0.6 is 0 Å². The smallest absolute Gasteiger partial charge is 0.325 e. The number of rotatable bonds is 5. The monoisotopic (exact) mass is 270 g/mol. The zero-order valence-corrected chi connectivity index (χ0v) is 10.9. The maximum absolute atomic E-state index is 13.3. The van der Waals surface area contributed by atoms with Crippen LogP contribution in [0.5, 0.6) is 0 Å². The molecule has 104 valence electrons. The third kappa shape index (κ3) is 3.64. The van der Waals surface area contributed by atoms with E-state index in [4.69, 9.17) is 0 Å². The van der Waals surface area contributed by atoms with Gasteiger partial charge >= 0.3 is 5.97 Å². The van der Waals surface area contributed by atoms with Crippen molar-refractivity contribution < 1.29 is 18.8 Å². The Bertz CT molecular complexity index is 491. The van der Waals surface area contributed by atoms with E-state index >= 15 is 0 Å². The molecule has 0 saturated carbocycles. The number of hydrogen-bond donors (Lipinski definition) is 0. The van der Waals surface area contributed by atoms with Crippen molar-refractivity contribution in [3.05, 3.63) is 34.1 Å². The first-order valence-electron chi connectivity index (χ1n) is 5.64. The van der Waals surface area contributed by atoms with Gasteiger partial charge in [0.05, 0.1) is 12.0 Å². The molecule has 0 aliphatic rings. The summed E-state index contributed by atoms with van der Waals surface area (Å²) in [5, 5.41) is 11.0. The van der Waals surface area contributed by atoms with E-state index in [-0.39, 0.29) is 24.0 Å². The number of esters is 1. The predicted molar refractivity (Wildman–Crippen MR) is 67.6 cm³/mol. The van der Waals surface area contributed by atoms with E-state index in [1.54, 1.807) is 13.8 Å². The lowest BCUT2D eigenvalue weighted by atomic mass is 10.2. The summed E-state index contributed by atoms with van der Waals surface area (Å²) in [5.41, 5.74) is -0.190. The molecule has 0 heterocycles. The molecule has 0 aromatic heterocycles. The topological polar surface area (TPSA) is 72.7 Å². The van der Waals surface area contributed by atoms with Crippen LogP contribution in [0.4, 0.5) is 15.8 Å². The Morgan fingerprint density at radius 1 is 1.53 bits per heavy atom. The van der Waals surface area contributed by atoms with Crippen molar-refractivity contribution in [2.75, 3.05) is 18.6 Å². The molecule has 0 aliphatic carbocycles. The van der Waals surface area contributed by atoms with Gasteiger partial charge in [0, 0.05) is 18.2 Å². The Kier molecular flexibility index (Phi) is 4.80. The highest BCUT2D eigenvalue weighted by atomic mass is 19.1. The van der Waals surface area contributed by atoms with Gasteiger partial charge in [-0.25, -0.2) is 4.39 Å². The highest BCUT2D eigenvalue weighted by molar-refractivity contribution is 5.78. The van der Waals surface area contributed by atoms with E-state index < -0.39 is 16.7 Å². The van der Waals surface area contributed by atoms with Crippen LogP contribution in [-0.2, 0) is 9.53 Å². The first-order chi connectivity index (χ1) is 8.86. The van der Waals surface area contributed by atoms with Crippen LogP contribution in [0.1, 0.15) is 13.8 Å². The van der Waals surface area contributed by atoms with E-state index in [9.17, 15) is 19.3 Å². The van der Waals surface area contributed by atoms with E-state index in [0.29, 0.717) is 0 Å². The summed E-state index contributed by atoms with van der Waals surface area (Å²) in [6.07, 6.45) is 0. The summed E-state index contributed by atoms with van der Waals surface area (Å²) in [4.78, 5) is 23.1. The number of benzene rings is 1. The van der Waals surface area contributed by atoms with E-state index in [0.717, 1.165) is 18.2 Å². The van der Waals surface area contributed by atoms with Crippen molar-refractivity contribution in [3.63, 3.8) is 0 Å². The molecule has 0 spiro atoms. The Labute approximate surface area is 109 Å². The summed E-state index contributed by atoms with van der Waals surface area (Å²) in [6.45, 7) is 3.31. The molecule has 6 nitrogen and oxygen atoms in total. The molecule has 1 rings (SSSR count). The second kappa shape index (κ2) is 6.12. The first-order valence-corrected chi connectivity index (χ1v) is 5.64. The fraction of sp³-hybridized carbons (Fsp3) is 0.417. The maximum atomic E-state index is 13.3. The molecule has 0 saturated heterocycles. The minimum Gasteiger partial charge on any atom is -0.468 e. The minimum absolute atomic E-state index is 0.0606. The standard InChI is InChI=1S/C12H15FN2O4/c1-8(2)14(7-12(16)19-3)11-6-9(13)4-5-10(11)15(17)18/h4-6,8H,7H2,1-3H3. The van der Waals surface area contributed by atoms with Crippen LogP contribution in [-0.4, -0.2) is 30.6 Å². The highest BCUT2D eigenvalue weighted by Crippen LogP contribution is 2.30. The first kappa shape index (κ1) is 14.9. The number of ether oxygens (including phenoxy) is 1. The quantitative estimate of drug-likeness (QED) is 0.465. The lowest BCUT2D eigenvalue weighted by molar-refractivity contribution is -0.384. The SMILES string of the molecule is COC(=O)CN(c1cc(F)ccc1[N+](=O)[O-])C(C)C. The van der Waals surface area contributed by atoms with Crippen LogP contribution in [0.3, 0.4) is 0 Å². The third-order valence-corrected chi connectivity index (χ3v) is 2.59. The van der Waals surface area contributed by atoms with Gasteiger partial charge < -0.3 is 9.64 Å². The van der Waals surface area contributed by atoms with Gasteiger partial charge in [-0.05, 0) is 19.9 Å². The fourth-order valence-electron chi connectivity index (χ4n) is 1.63. The van der Waals surface area contributed by atoms with Crippen molar-refractivity contribution in [1.82, 2.24) is 0 Å². The Morgan fingerprint density at radius 2 is 2.16 bits per heavy atom. The lowest BCUT2D eigenvalue weighted by Gasteiger charge is -2.27. The molecule has 0 amide bonds. The van der Waals surface area contributed by atoms with Gasteiger partial charge in [0.15, 0.2) is 0 Å². The average molecular weight is 270 g/mol. The molecular weight excluding hydrogens is 255 g/mol. The fourth-order valence-corrected chi connectivity index (χ4v) is 1.63. The Hall–Kier alpha value is -2.18. The third-order valence-electron chi connectivity index (χ3n) is 2.59. The molecule has 19 heavy (non-hydrogen) atoms. The second-order valence-electron chi connectivity index (χ2n) is 4.19. The lowest BCUT2D eigenvalue weighted by Crippen LogP contribution is -2.36. The summed E-state index contributed by atoms with van der Waals surface area (Å²) >= 11 is 0. The number of nitrogens with zero attached hydrogens (tertiary/aromatic N) is 2. The van der Waals surface area contributed by atoms with E-state index in [1.165, 1.54) is 12.0 Å². The van der Waals surface area contributed by atoms with Crippen molar-refractivity contribution >= 4 is 17.3 Å². The van der Waals surface area contributed by atoms with Crippen molar-refractivity contribution in [3.8, 4) is 0 Å². The molecule has 0 aliphatic heterocycles. The molecule has 1 aromatic rings. The Morgan fingerprint density at radius 3 is 2.63 bits per heavy atom. The normalized spacial score (nSPS) is 10.4. The number of carbonyl (C=O) groups excluding carboxylic acids is 1. The van der Waals surface area contributed by atoms with Gasteiger partial charge in [-0.2, -0.15) is 0 Å². The predicted octanol–water partition coefficient (Wildman–Crippen LogP) is 2.12. The second-order valence-corrected chi connectivity index (χ2v) is 4.19. The summed E-state index contributed by atoms with van der Waals surface area (Å²) in [6, 6.07) is 2.91. The minimum atomic E-state index is -0.610. The number of nitro groups is 1. The number of halogens is 1. The van der Waals surface area contributed by atoms with Gasteiger partial charge in [0.2, 0.25) is 0 Å². The molecule has 1 aromatic carbocycles. The van der Waals surface area contributed by atoms with Crippen molar-refractivity contribution in [2.24, 2.45) is 0 Å². The van der Waals surface area contributed by atoms with Crippen LogP contribution in [0.15, 0.2) is 18.2 Å². The largest absolute Gasteiger partial charge is 0.468 e. The number of nitro benzene ring substituents is 1. The Balaban J connectivity index is 3.24. The molecule has 0 fully saturated rings. The van der Waals surface area contributed by atoms with Gasteiger partial charge in [-0.1, -0.05) is 0 Å². The van der Waals surface area contributed by atoms with Gasteiger partial charge in [-0.15, -0.1) is 0 Å². The molecule has 0 atom stereocenters. The van der Waals surface area contributed by atoms with Crippen molar-refractivity contribution in [2.45, 2.75) is 19.9 Å². The summed E-state index contributed by atoms with van der Waals surface area (Å²) < 4.78 is 17.8. The molecule has 0 N–H and O–H groups in total. The van der Waals surface area contributed by atoms with Crippen LogP contribution in [0.2, 0.25) is 0 Å². The number of methoxy groups -OCH3 is 1. The highest BCUT2D eigenvalue weighted by Gasteiger charge is 2.24. The zero-order valence-electron chi connectivity index (χ0n) is 10.9. The zero-order chi connectivity index (χ0) is 14.6. The number of hydrogen-bond acceptors (Lipinski definition) is 5. The molecule has 0 unspecified atom stereocenters. The maximum Gasteiger partial charge on any atom is 0.325 e. The average Bonchev–Trinajstić information content (AvgIpc) is 2.34. The van der Waals surface area contributed by atoms with Gasteiger partial charge in [0.25, 0.3) is 5.69 Å². The van der Waals surface area contributed by atoms with E-state index in [1.807, 2.05) is 0 Å². The van der Waals surface area contributed by atoms with Gasteiger partial charge in [-0.3, -0.25) is 14.9 Å². The number of carbonyl (C=O) groups is 1. The molecule has 0 bridgehead atoms. The van der Waals surface area contributed by atoms with Crippen molar-refractivity contribution in [1.29, 1.82) is 0 Å². The van der Waals surface area contributed by atoms with Crippen LogP contribution in [0.25, 0.3) is 0 Å². The molecule has 7 heteroatoms. The summed E-state index contributed by atoms with van der Waals surface area (Å²) in [7, 11) is 1.22. The van der Waals surface area contributed by atoms with Crippen LogP contribution < -0.4 is 4.90 Å².